The third kappa shape index (κ3) is 3.70. The lowest BCUT2D eigenvalue weighted by Gasteiger charge is -2.54. The van der Waals surface area contributed by atoms with Crippen LogP contribution in [-0.4, -0.2) is 61.2 Å². The predicted molar refractivity (Wildman–Crippen MR) is 112 cm³/mol. The highest BCUT2D eigenvalue weighted by molar-refractivity contribution is 5.95. The van der Waals surface area contributed by atoms with Crippen molar-refractivity contribution in [3.63, 3.8) is 0 Å². The second kappa shape index (κ2) is 7.99. The summed E-state index contributed by atoms with van der Waals surface area (Å²) >= 11 is 0. The number of alkyl halides is 2. The Morgan fingerprint density at radius 3 is 2.72 bits per heavy atom. The molecule has 1 saturated carbocycles. The van der Waals surface area contributed by atoms with Crippen LogP contribution in [0.5, 0.6) is 11.5 Å². The molecule has 32 heavy (non-hydrogen) atoms. The molecule has 3 heterocycles. The van der Waals surface area contributed by atoms with Gasteiger partial charge in [-0.2, -0.15) is 0 Å². The summed E-state index contributed by atoms with van der Waals surface area (Å²) in [5.74, 6) is -1.96. The van der Waals surface area contributed by atoms with Gasteiger partial charge in [-0.15, -0.1) is 0 Å². The standard InChI is InChI=1S/C24H26F2N2O4/c1-30-19-10-17(5-6-18(19)31-14-16-11-24(25,26)12-16)22(29)28-9-7-23(15-32-21(23)13-28)20-4-2-3-8-27-20/h2-6,8,10,16,21H,7,9,11-15H2,1H3/t21?,23-/m0/s1. The van der Waals surface area contributed by atoms with Gasteiger partial charge in [0, 0.05) is 43.6 Å². The maximum Gasteiger partial charge on any atom is 0.254 e. The molecule has 0 radical (unpaired) electrons. The third-order valence-electron chi connectivity index (χ3n) is 6.89. The van der Waals surface area contributed by atoms with Gasteiger partial charge >= 0.3 is 0 Å². The van der Waals surface area contributed by atoms with E-state index < -0.39 is 5.92 Å². The van der Waals surface area contributed by atoms with Crippen LogP contribution in [-0.2, 0) is 10.2 Å². The van der Waals surface area contributed by atoms with Crippen LogP contribution in [0.15, 0.2) is 42.6 Å². The number of hydrogen-bond acceptors (Lipinski definition) is 5. The van der Waals surface area contributed by atoms with E-state index in [4.69, 9.17) is 14.2 Å². The number of carbonyl (C=O) groups is 1. The van der Waals surface area contributed by atoms with Gasteiger partial charge in [-0.3, -0.25) is 9.78 Å². The van der Waals surface area contributed by atoms with Crippen LogP contribution >= 0.6 is 0 Å². The molecule has 8 heteroatoms. The van der Waals surface area contributed by atoms with Gasteiger partial charge in [-0.05, 0) is 36.8 Å². The summed E-state index contributed by atoms with van der Waals surface area (Å²) in [6, 6.07) is 10.9. The van der Waals surface area contributed by atoms with Crippen molar-refractivity contribution in [2.75, 3.05) is 33.4 Å². The van der Waals surface area contributed by atoms with E-state index in [1.165, 1.54) is 7.11 Å². The Labute approximate surface area is 185 Å². The molecule has 170 valence electrons. The predicted octanol–water partition coefficient (Wildman–Crippen LogP) is 3.70. The molecule has 3 fully saturated rings. The number of methoxy groups -OCH3 is 1. The summed E-state index contributed by atoms with van der Waals surface area (Å²) in [5, 5.41) is 0. The van der Waals surface area contributed by atoms with E-state index in [1.807, 2.05) is 18.2 Å². The SMILES string of the molecule is COc1cc(C(=O)N2CC[C@@]3(c4ccccn4)COC3C2)ccc1OCC1CC(F)(F)C1. The number of hydrogen-bond donors (Lipinski definition) is 0. The molecule has 0 bridgehead atoms. The number of piperidine rings is 1. The Bertz CT molecular complexity index is 995. The molecule has 1 aliphatic carbocycles. The van der Waals surface area contributed by atoms with Gasteiger partial charge in [-0.25, -0.2) is 8.78 Å². The normalized spacial score (nSPS) is 26.5. The van der Waals surface area contributed by atoms with Crippen LogP contribution in [0.4, 0.5) is 8.78 Å². The molecule has 2 atom stereocenters. The van der Waals surface area contributed by atoms with Crippen molar-refractivity contribution in [1.82, 2.24) is 9.88 Å². The lowest BCUT2D eigenvalue weighted by atomic mass is 9.70. The first kappa shape index (κ1) is 21.1. The number of aromatic nitrogens is 1. The summed E-state index contributed by atoms with van der Waals surface area (Å²) < 4.78 is 43.0. The zero-order valence-electron chi connectivity index (χ0n) is 17.9. The second-order valence-electron chi connectivity index (χ2n) is 8.98. The number of likely N-dealkylation sites (tertiary alicyclic amines) is 1. The van der Waals surface area contributed by atoms with Crippen molar-refractivity contribution in [3.05, 3.63) is 53.9 Å². The average Bonchev–Trinajstić information content (AvgIpc) is 2.77. The quantitative estimate of drug-likeness (QED) is 0.680. The van der Waals surface area contributed by atoms with Crippen molar-refractivity contribution in [2.45, 2.75) is 36.7 Å². The minimum absolute atomic E-state index is 0.0693. The minimum Gasteiger partial charge on any atom is -0.493 e. The number of halogens is 2. The first-order valence-corrected chi connectivity index (χ1v) is 10.9. The van der Waals surface area contributed by atoms with Gasteiger partial charge < -0.3 is 19.1 Å². The van der Waals surface area contributed by atoms with Crippen molar-refractivity contribution >= 4 is 5.91 Å². The average molecular weight is 444 g/mol. The van der Waals surface area contributed by atoms with Crippen molar-refractivity contribution in [3.8, 4) is 11.5 Å². The maximum absolute atomic E-state index is 13.2. The van der Waals surface area contributed by atoms with Gasteiger partial charge in [0.1, 0.15) is 0 Å². The maximum atomic E-state index is 13.2. The summed E-state index contributed by atoms with van der Waals surface area (Å²) in [4.78, 5) is 19.5. The number of pyridine rings is 1. The monoisotopic (exact) mass is 444 g/mol. The molecule has 6 nitrogen and oxygen atoms in total. The molecular formula is C24H26F2N2O4. The van der Waals surface area contributed by atoms with Crippen molar-refractivity contribution < 1.29 is 27.8 Å². The van der Waals surface area contributed by atoms with Crippen LogP contribution in [0.1, 0.15) is 35.3 Å². The Morgan fingerprint density at radius 1 is 1.25 bits per heavy atom. The van der Waals surface area contributed by atoms with Gasteiger partial charge in [0.25, 0.3) is 5.91 Å². The van der Waals surface area contributed by atoms with Crippen LogP contribution in [0, 0.1) is 5.92 Å². The number of nitrogens with zero attached hydrogens (tertiary/aromatic N) is 2. The van der Waals surface area contributed by atoms with Crippen molar-refractivity contribution in [1.29, 1.82) is 0 Å². The molecule has 3 aliphatic rings. The summed E-state index contributed by atoms with van der Waals surface area (Å²) in [5.41, 5.74) is 1.40. The zero-order valence-corrected chi connectivity index (χ0v) is 17.9. The molecule has 2 aromatic rings. The molecule has 0 spiro atoms. The molecule has 1 unspecified atom stereocenters. The van der Waals surface area contributed by atoms with Crippen LogP contribution in [0.2, 0.25) is 0 Å². The fourth-order valence-electron chi connectivity index (χ4n) is 4.91. The number of carbonyl (C=O) groups excluding carboxylic acids is 1. The van der Waals surface area contributed by atoms with Crippen molar-refractivity contribution in [2.24, 2.45) is 5.92 Å². The number of ether oxygens (including phenoxy) is 3. The van der Waals surface area contributed by atoms with E-state index in [0.717, 1.165) is 12.1 Å². The summed E-state index contributed by atoms with van der Waals surface area (Å²) in [7, 11) is 1.50. The Kier molecular flexibility index (Phi) is 5.28. The highest BCUT2D eigenvalue weighted by Crippen LogP contribution is 2.45. The first-order chi connectivity index (χ1) is 15.4. The molecule has 5 rings (SSSR count). The number of fused-ring (bicyclic) bond motifs is 1. The number of rotatable bonds is 6. The Morgan fingerprint density at radius 2 is 2.09 bits per heavy atom. The third-order valence-corrected chi connectivity index (χ3v) is 6.89. The molecule has 1 amide bonds. The van der Waals surface area contributed by atoms with Crippen LogP contribution in [0.3, 0.4) is 0 Å². The molecule has 2 saturated heterocycles. The van der Waals surface area contributed by atoms with Gasteiger partial charge in [0.15, 0.2) is 11.5 Å². The molecular weight excluding hydrogens is 418 g/mol. The number of amides is 1. The highest BCUT2D eigenvalue weighted by Gasteiger charge is 2.54. The molecule has 1 aromatic heterocycles. The largest absolute Gasteiger partial charge is 0.493 e. The summed E-state index contributed by atoms with van der Waals surface area (Å²) in [6.45, 7) is 1.96. The lowest BCUT2D eigenvalue weighted by Crippen LogP contribution is -2.65. The highest BCUT2D eigenvalue weighted by atomic mass is 19.3. The fourth-order valence-corrected chi connectivity index (χ4v) is 4.91. The van der Waals surface area contributed by atoms with Gasteiger partial charge in [0.05, 0.1) is 37.5 Å². The summed E-state index contributed by atoms with van der Waals surface area (Å²) in [6.07, 6.45) is 2.22. The number of benzene rings is 1. The van der Waals surface area contributed by atoms with Crippen LogP contribution in [0.25, 0.3) is 0 Å². The lowest BCUT2D eigenvalue weighted by molar-refractivity contribution is -0.169. The minimum atomic E-state index is -2.57. The second-order valence-corrected chi connectivity index (χ2v) is 8.98. The topological polar surface area (TPSA) is 60.9 Å². The van der Waals surface area contributed by atoms with E-state index in [-0.39, 0.29) is 42.8 Å². The van der Waals surface area contributed by atoms with E-state index in [9.17, 15) is 13.6 Å². The first-order valence-electron chi connectivity index (χ1n) is 10.9. The van der Waals surface area contributed by atoms with E-state index in [2.05, 4.69) is 4.98 Å². The molecule has 2 aliphatic heterocycles. The fraction of sp³-hybridized carbons (Fsp3) is 0.500. The zero-order chi connectivity index (χ0) is 22.3. The van der Waals surface area contributed by atoms with Gasteiger partial charge in [0.2, 0.25) is 5.92 Å². The van der Waals surface area contributed by atoms with E-state index in [1.54, 1.807) is 29.3 Å². The van der Waals surface area contributed by atoms with E-state index >= 15 is 0 Å². The van der Waals surface area contributed by atoms with E-state index in [0.29, 0.717) is 36.8 Å². The smallest absolute Gasteiger partial charge is 0.254 e. The van der Waals surface area contributed by atoms with Gasteiger partial charge in [-0.1, -0.05) is 6.07 Å². The molecule has 1 aromatic carbocycles. The van der Waals surface area contributed by atoms with Crippen LogP contribution < -0.4 is 9.47 Å². The molecule has 0 N–H and O–H groups in total. The Hall–Kier alpha value is -2.74. The Balaban J connectivity index is 1.24.